The molecule has 0 saturated carbocycles. The number of urea groups is 1. The van der Waals surface area contributed by atoms with Gasteiger partial charge in [0.1, 0.15) is 29.5 Å². The molecular weight excluding hydrogens is 508 g/mol. The molecule has 4 heterocycles. The highest BCUT2D eigenvalue weighted by Crippen LogP contribution is 2.34. The average Bonchev–Trinajstić information content (AvgIpc) is 3.72. The number of likely N-dealkylation sites (tertiary alicyclic amines) is 2. The molecule has 11 heteroatoms. The molecule has 2 aromatic heterocycles. The largest absolute Gasteiger partial charge is 0.469 e. The predicted octanol–water partition coefficient (Wildman–Crippen LogP) is 3.66. The van der Waals surface area contributed by atoms with Gasteiger partial charge in [-0.2, -0.15) is 15.0 Å². The maximum Gasteiger partial charge on any atom is 0.320 e. The number of anilines is 1. The summed E-state index contributed by atoms with van der Waals surface area (Å²) in [5, 5.41) is 22.8. The van der Waals surface area contributed by atoms with Crippen LogP contribution in [0.2, 0.25) is 0 Å². The summed E-state index contributed by atoms with van der Waals surface area (Å²) in [7, 11) is 1.81. The topological polar surface area (TPSA) is 148 Å². The van der Waals surface area contributed by atoms with Crippen LogP contribution in [0.4, 0.5) is 10.6 Å². The molecule has 2 saturated heterocycles. The number of nitriles is 1. The Morgan fingerprint density at radius 1 is 1.15 bits per heavy atom. The Hall–Kier alpha value is -4.59. The highest BCUT2D eigenvalue weighted by molar-refractivity contribution is 5.98. The van der Waals surface area contributed by atoms with Gasteiger partial charge in [-0.3, -0.25) is 10.2 Å². The minimum Gasteiger partial charge on any atom is -0.469 e. The monoisotopic (exact) mass is 542 g/mol. The van der Waals surface area contributed by atoms with Gasteiger partial charge in [-0.1, -0.05) is 24.3 Å². The molecule has 1 unspecified atom stereocenters. The Morgan fingerprint density at radius 3 is 2.48 bits per heavy atom. The van der Waals surface area contributed by atoms with E-state index < -0.39 is 5.91 Å². The molecule has 5 rings (SSSR count). The lowest BCUT2D eigenvalue weighted by molar-refractivity contribution is 0.0944. The molecule has 11 nitrogen and oxygen atoms in total. The SMILES string of the molecule is Cc1cc(C(=O)n2nc(C3CCCN(C(=O)N4CCCC4)C3)c(C#N)c2N(C)Cc2ccc(C(=N)N)cc2)co1. The van der Waals surface area contributed by atoms with Crippen molar-refractivity contribution < 1.29 is 14.0 Å². The Morgan fingerprint density at radius 2 is 1.85 bits per heavy atom. The van der Waals surface area contributed by atoms with E-state index in [2.05, 4.69) is 6.07 Å². The average molecular weight is 543 g/mol. The number of nitrogens with two attached hydrogens (primary N) is 1. The van der Waals surface area contributed by atoms with Gasteiger partial charge in [0.15, 0.2) is 5.82 Å². The van der Waals surface area contributed by atoms with Crippen molar-refractivity contribution in [2.45, 2.75) is 45.1 Å². The number of piperidine rings is 1. The standard InChI is InChI=1S/C29H34N8O3/c1-19-14-23(18-40-19)28(38)37-27(34(2)16-20-7-9-21(10-8-20)26(31)32)24(15-30)25(33-37)22-6-5-13-36(17-22)29(39)35-11-3-4-12-35/h7-10,14,18,22H,3-6,11-13,16-17H2,1-2H3,(H3,31,32). The first-order chi connectivity index (χ1) is 19.3. The van der Waals surface area contributed by atoms with Crippen molar-refractivity contribution in [2.24, 2.45) is 5.73 Å². The van der Waals surface area contributed by atoms with Crippen molar-refractivity contribution in [3.63, 3.8) is 0 Å². The normalized spacial score (nSPS) is 17.1. The number of furan rings is 1. The van der Waals surface area contributed by atoms with E-state index in [9.17, 15) is 14.9 Å². The third-order valence-electron chi connectivity index (χ3n) is 7.67. The second-order valence-electron chi connectivity index (χ2n) is 10.6. The van der Waals surface area contributed by atoms with E-state index in [0.717, 1.165) is 44.3 Å². The number of benzene rings is 1. The lowest BCUT2D eigenvalue weighted by Crippen LogP contribution is -2.46. The van der Waals surface area contributed by atoms with E-state index in [-0.39, 0.29) is 17.8 Å². The van der Waals surface area contributed by atoms with Gasteiger partial charge < -0.3 is 24.9 Å². The summed E-state index contributed by atoms with van der Waals surface area (Å²) < 4.78 is 6.68. The van der Waals surface area contributed by atoms with Crippen molar-refractivity contribution in [2.75, 3.05) is 38.1 Å². The molecule has 1 atom stereocenters. The summed E-state index contributed by atoms with van der Waals surface area (Å²) in [5.74, 6) is 0.409. The second-order valence-corrected chi connectivity index (χ2v) is 10.6. The first-order valence-electron chi connectivity index (χ1n) is 13.6. The van der Waals surface area contributed by atoms with Gasteiger partial charge >= 0.3 is 6.03 Å². The zero-order valence-electron chi connectivity index (χ0n) is 22.9. The van der Waals surface area contributed by atoms with Gasteiger partial charge in [-0.15, -0.1) is 0 Å². The Labute approximate surface area is 233 Å². The maximum atomic E-state index is 13.7. The lowest BCUT2D eigenvalue weighted by Gasteiger charge is -2.34. The van der Waals surface area contributed by atoms with Crippen LogP contribution in [0.25, 0.3) is 0 Å². The number of hydrogen-bond acceptors (Lipinski definition) is 7. The van der Waals surface area contributed by atoms with Crippen LogP contribution in [0.3, 0.4) is 0 Å². The molecule has 2 amide bonds. The molecule has 2 aliphatic rings. The summed E-state index contributed by atoms with van der Waals surface area (Å²) in [6.45, 7) is 4.83. The first-order valence-corrected chi connectivity index (χ1v) is 13.6. The molecular formula is C29H34N8O3. The minimum absolute atomic E-state index is 0.0138. The first kappa shape index (κ1) is 27.0. The predicted molar refractivity (Wildman–Crippen MR) is 149 cm³/mol. The fourth-order valence-electron chi connectivity index (χ4n) is 5.61. The number of aryl methyl sites for hydroxylation is 1. The fourth-order valence-corrected chi connectivity index (χ4v) is 5.61. The quantitative estimate of drug-likeness (QED) is 0.357. The number of aromatic nitrogens is 2. The number of amides is 2. The van der Waals surface area contributed by atoms with Gasteiger partial charge in [0.05, 0.1) is 11.3 Å². The smallest absolute Gasteiger partial charge is 0.320 e. The van der Waals surface area contributed by atoms with Crippen LogP contribution in [0.15, 0.2) is 41.0 Å². The van der Waals surface area contributed by atoms with Crippen molar-refractivity contribution >= 4 is 23.6 Å². The summed E-state index contributed by atoms with van der Waals surface area (Å²) >= 11 is 0. The molecule has 3 aromatic rings. The molecule has 0 aliphatic carbocycles. The zero-order chi connectivity index (χ0) is 28.4. The number of nitrogens with one attached hydrogen (secondary N) is 1. The number of nitrogen functional groups attached to an aromatic ring is 1. The van der Waals surface area contributed by atoms with E-state index in [1.54, 1.807) is 25.1 Å². The van der Waals surface area contributed by atoms with Crippen LogP contribution in [-0.2, 0) is 6.54 Å². The zero-order valence-corrected chi connectivity index (χ0v) is 22.9. The molecule has 0 radical (unpaired) electrons. The third kappa shape index (κ3) is 5.30. The molecule has 0 spiro atoms. The van der Waals surface area contributed by atoms with Gasteiger partial charge in [0.2, 0.25) is 0 Å². The van der Waals surface area contributed by atoms with Gasteiger partial charge in [-0.25, -0.2) is 4.79 Å². The lowest BCUT2D eigenvalue weighted by atomic mass is 9.92. The van der Waals surface area contributed by atoms with Gasteiger partial charge in [0.25, 0.3) is 5.91 Å². The van der Waals surface area contributed by atoms with E-state index in [4.69, 9.17) is 20.7 Å². The molecule has 0 bridgehead atoms. The molecule has 2 fully saturated rings. The van der Waals surface area contributed by atoms with Crippen LogP contribution in [0.5, 0.6) is 0 Å². The number of carbonyl (C=O) groups is 2. The van der Waals surface area contributed by atoms with Crippen molar-refractivity contribution in [1.82, 2.24) is 19.6 Å². The number of rotatable bonds is 6. The van der Waals surface area contributed by atoms with Crippen LogP contribution in [0, 0.1) is 23.7 Å². The van der Waals surface area contributed by atoms with Crippen molar-refractivity contribution in [3.05, 3.63) is 70.3 Å². The number of hydrogen-bond donors (Lipinski definition) is 2. The van der Waals surface area contributed by atoms with Crippen LogP contribution in [0.1, 0.15) is 70.1 Å². The Balaban J connectivity index is 1.50. The summed E-state index contributed by atoms with van der Waals surface area (Å²) in [4.78, 5) is 32.4. The summed E-state index contributed by atoms with van der Waals surface area (Å²) in [5.41, 5.74) is 8.33. The highest BCUT2D eigenvalue weighted by Gasteiger charge is 2.35. The van der Waals surface area contributed by atoms with E-state index in [0.29, 0.717) is 53.6 Å². The third-order valence-corrected chi connectivity index (χ3v) is 7.67. The van der Waals surface area contributed by atoms with Gasteiger partial charge in [-0.05, 0) is 44.2 Å². The minimum atomic E-state index is -0.394. The van der Waals surface area contributed by atoms with E-state index in [1.807, 2.05) is 33.9 Å². The number of amidine groups is 1. The second kappa shape index (κ2) is 11.3. The molecule has 3 N–H and O–H groups in total. The van der Waals surface area contributed by atoms with Crippen LogP contribution in [-0.4, -0.2) is 70.6 Å². The number of nitrogens with zero attached hydrogens (tertiary/aromatic N) is 6. The highest BCUT2D eigenvalue weighted by atomic mass is 16.3. The molecule has 1 aromatic carbocycles. The summed E-state index contributed by atoms with van der Waals surface area (Å²) in [6, 6.07) is 11.3. The van der Waals surface area contributed by atoms with Crippen LogP contribution < -0.4 is 10.6 Å². The van der Waals surface area contributed by atoms with E-state index >= 15 is 0 Å². The molecule has 40 heavy (non-hydrogen) atoms. The fraction of sp³-hybridized carbons (Fsp3) is 0.414. The summed E-state index contributed by atoms with van der Waals surface area (Å²) in [6.07, 6.45) is 5.00. The van der Waals surface area contributed by atoms with Gasteiger partial charge in [0, 0.05) is 51.3 Å². The number of carbonyl (C=O) groups excluding carboxylic acids is 2. The Bertz CT molecular complexity index is 1460. The molecule has 208 valence electrons. The van der Waals surface area contributed by atoms with Crippen LogP contribution >= 0.6 is 0 Å². The molecule has 2 aliphatic heterocycles. The Kier molecular flexibility index (Phi) is 7.60. The van der Waals surface area contributed by atoms with Crippen molar-refractivity contribution in [3.8, 4) is 6.07 Å². The van der Waals surface area contributed by atoms with Crippen molar-refractivity contribution in [1.29, 1.82) is 10.7 Å². The maximum absolute atomic E-state index is 13.7. The van der Waals surface area contributed by atoms with E-state index in [1.165, 1.54) is 10.9 Å².